The summed E-state index contributed by atoms with van der Waals surface area (Å²) < 4.78 is 1.88. The second kappa shape index (κ2) is 2.90. The molecule has 0 amide bonds. The molecule has 0 spiro atoms. The zero-order valence-corrected chi connectivity index (χ0v) is 8.65. The van der Waals surface area contributed by atoms with Gasteiger partial charge in [-0.2, -0.15) is 0 Å². The maximum atomic E-state index is 5.72. The van der Waals surface area contributed by atoms with Crippen LogP contribution in [-0.2, 0) is 7.05 Å². The Morgan fingerprint density at radius 2 is 2.07 bits per heavy atom. The van der Waals surface area contributed by atoms with Crippen molar-refractivity contribution in [2.45, 2.75) is 0 Å². The maximum absolute atomic E-state index is 5.72. The topological polar surface area (TPSA) is 47.1 Å². The van der Waals surface area contributed by atoms with Gasteiger partial charge in [0.25, 0.3) is 0 Å². The van der Waals surface area contributed by atoms with Crippen molar-refractivity contribution in [3.05, 3.63) is 18.2 Å². The molecular weight excluding hydrogens is 176 g/mol. The first kappa shape index (κ1) is 8.87. The Morgan fingerprint density at radius 1 is 1.36 bits per heavy atom. The molecular formula is C10H14N4. The number of hydrogen-bond donors (Lipinski definition) is 1. The van der Waals surface area contributed by atoms with E-state index in [0.29, 0.717) is 5.95 Å². The molecule has 4 heteroatoms. The van der Waals surface area contributed by atoms with Crippen LogP contribution in [0.2, 0.25) is 0 Å². The molecule has 14 heavy (non-hydrogen) atoms. The fourth-order valence-electron chi connectivity index (χ4n) is 1.48. The van der Waals surface area contributed by atoms with Crippen molar-refractivity contribution in [3.63, 3.8) is 0 Å². The summed E-state index contributed by atoms with van der Waals surface area (Å²) in [6.45, 7) is 0. The van der Waals surface area contributed by atoms with E-state index in [-0.39, 0.29) is 0 Å². The summed E-state index contributed by atoms with van der Waals surface area (Å²) in [6.07, 6.45) is 0. The monoisotopic (exact) mass is 190 g/mol. The second-order valence-corrected chi connectivity index (χ2v) is 3.60. The third-order valence-corrected chi connectivity index (χ3v) is 2.42. The molecule has 4 nitrogen and oxygen atoms in total. The van der Waals surface area contributed by atoms with Gasteiger partial charge in [-0.25, -0.2) is 4.98 Å². The molecule has 2 aromatic rings. The Labute approximate surface area is 82.9 Å². The van der Waals surface area contributed by atoms with Crippen LogP contribution in [0, 0.1) is 0 Å². The third kappa shape index (κ3) is 1.19. The lowest BCUT2D eigenvalue weighted by Gasteiger charge is -2.11. The van der Waals surface area contributed by atoms with Gasteiger partial charge in [-0.05, 0) is 18.2 Å². The Kier molecular flexibility index (Phi) is 1.84. The summed E-state index contributed by atoms with van der Waals surface area (Å²) in [5.74, 6) is 0.552. The van der Waals surface area contributed by atoms with Crippen molar-refractivity contribution in [1.82, 2.24) is 9.55 Å². The molecule has 2 N–H and O–H groups in total. The van der Waals surface area contributed by atoms with E-state index in [1.807, 2.05) is 42.7 Å². The first-order valence-corrected chi connectivity index (χ1v) is 4.49. The Morgan fingerprint density at radius 3 is 2.71 bits per heavy atom. The van der Waals surface area contributed by atoms with Crippen molar-refractivity contribution in [3.8, 4) is 0 Å². The molecule has 0 atom stereocenters. The standard InChI is InChI=1S/C10H14N4/c1-13(2)7-4-5-9-8(6-7)12-10(11)14(9)3/h4-6H,1-3H3,(H2,11,12). The zero-order chi connectivity index (χ0) is 10.3. The minimum absolute atomic E-state index is 0.552. The Bertz CT molecular complexity index is 470. The van der Waals surface area contributed by atoms with E-state index in [9.17, 15) is 0 Å². The van der Waals surface area contributed by atoms with Crippen molar-refractivity contribution in [2.24, 2.45) is 7.05 Å². The van der Waals surface area contributed by atoms with Crippen LogP contribution in [0.15, 0.2) is 18.2 Å². The lowest BCUT2D eigenvalue weighted by molar-refractivity contribution is 0.965. The highest BCUT2D eigenvalue weighted by Crippen LogP contribution is 2.21. The highest BCUT2D eigenvalue weighted by molar-refractivity contribution is 5.82. The summed E-state index contributed by atoms with van der Waals surface area (Å²) in [7, 11) is 5.93. The quantitative estimate of drug-likeness (QED) is 0.735. The van der Waals surface area contributed by atoms with Gasteiger partial charge < -0.3 is 15.2 Å². The zero-order valence-electron chi connectivity index (χ0n) is 8.65. The van der Waals surface area contributed by atoms with Gasteiger partial charge in [-0.1, -0.05) is 0 Å². The molecule has 0 radical (unpaired) electrons. The van der Waals surface area contributed by atoms with Gasteiger partial charge >= 0.3 is 0 Å². The van der Waals surface area contributed by atoms with Gasteiger partial charge in [0.2, 0.25) is 5.95 Å². The molecule has 1 heterocycles. The van der Waals surface area contributed by atoms with Crippen molar-refractivity contribution < 1.29 is 0 Å². The molecule has 0 saturated heterocycles. The van der Waals surface area contributed by atoms with E-state index in [4.69, 9.17) is 5.73 Å². The molecule has 0 aliphatic heterocycles. The number of aryl methyl sites for hydroxylation is 1. The van der Waals surface area contributed by atoms with Crippen LogP contribution >= 0.6 is 0 Å². The van der Waals surface area contributed by atoms with E-state index in [0.717, 1.165) is 16.7 Å². The first-order chi connectivity index (χ1) is 6.59. The first-order valence-electron chi connectivity index (χ1n) is 4.49. The molecule has 0 aliphatic carbocycles. The Hall–Kier alpha value is -1.71. The number of imidazole rings is 1. The van der Waals surface area contributed by atoms with E-state index >= 15 is 0 Å². The van der Waals surface area contributed by atoms with E-state index in [1.165, 1.54) is 0 Å². The molecule has 0 saturated carbocycles. The van der Waals surface area contributed by atoms with E-state index < -0.39 is 0 Å². The SMILES string of the molecule is CN(C)c1ccc2c(c1)nc(N)n2C. The molecule has 74 valence electrons. The summed E-state index contributed by atoms with van der Waals surface area (Å²) >= 11 is 0. The number of nitrogens with zero attached hydrogens (tertiary/aromatic N) is 3. The highest BCUT2D eigenvalue weighted by atomic mass is 15.1. The van der Waals surface area contributed by atoms with Crippen LogP contribution in [0.1, 0.15) is 0 Å². The van der Waals surface area contributed by atoms with Crippen molar-refractivity contribution >= 4 is 22.7 Å². The van der Waals surface area contributed by atoms with Gasteiger partial charge in [0.1, 0.15) is 0 Å². The third-order valence-electron chi connectivity index (χ3n) is 2.42. The van der Waals surface area contributed by atoms with Crippen LogP contribution in [-0.4, -0.2) is 23.6 Å². The number of nitrogen functional groups attached to an aromatic ring is 1. The molecule has 0 unspecified atom stereocenters. The number of rotatable bonds is 1. The highest BCUT2D eigenvalue weighted by Gasteiger charge is 2.05. The van der Waals surface area contributed by atoms with Crippen LogP contribution in [0.25, 0.3) is 11.0 Å². The molecule has 1 aromatic heterocycles. The van der Waals surface area contributed by atoms with Crippen molar-refractivity contribution in [2.75, 3.05) is 24.7 Å². The molecule has 2 rings (SSSR count). The predicted molar refractivity (Wildman–Crippen MR) is 59.5 cm³/mol. The average Bonchev–Trinajstić information content (AvgIpc) is 2.42. The smallest absolute Gasteiger partial charge is 0.200 e. The maximum Gasteiger partial charge on any atom is 0.200 e. The lowest BCUT2D eigenvalue weighted by Crippen LogP contribution is -2.08. The second-order valence-electron chi connectivity index (χ2n) is 3.60. The minimum atomic E-state index is 0.552. The Balaban J connectivity index is 2.67. The molecule has 0 fully saturated rings. The normalized spacial score (nSPS) is 10.8. The van der Waals surface area contributed by atoms with Crippen LogP contribution < -0.4 is 10.6 Å². The molecule has 0 aliphatic rings. The van der Waals surface area contributed by atoms with Gasteiger partial charge in [0.15, 0.2) is 0 Å². The van der Waals surface area contributed by atoms with Crippen LogP contribution in [0.3, 0.4) is 0 Å². The summed E-state index contributed by atoms with van der Waals surface area (Å²) in [6, 6.07) is 6.13. The summed E-state index contributed by atoms with van der Waals surface area (Å²) in [4.78, 5) is 6.32. The number of benzene rings is 1. The lowest BCUT2D eigenvalue weighted by atomic mass is 10.2. The number of hydrogen-bond acceptors (Lipinski definition) is 3. The fraction of sp³-hybridized carbons (Fsp3) is 0.300. The number of nitrogens with two attached hydrogens (primary N) is 1. The number of fused-ring (bicyclic) bond motifs is 1. The van der Waals surface area contributed by atoms with E-state index in [1.54, 1.807) is 0 Å². The van der Waals surface area contributed by atoms with Gasteiger partial charge in [0, 0.05) is 26.8 Å². The summed E-state index contributed by atoms with van der Waals surface area (Å²) in [5.41, 5.74) is 8.86. The van der Waals surface area contributed by atoms with Crippen LogP contribution in [0.4, 0.5) is 11.6 Å². The minimum Gasteiger partial charge on any atom is -0.378 e. The van der Waals surface area contributed by atoms with Gasteiger partial charge in [-0.3, -0.25) is 0 Å². The number of anilines is 2. The van der Waals surface area contributed by atoms with Crippen molar-refractivity contribution in [1.29, 1.82) is 0 Å². The number of aromatic nitrogens is 2. The van der Waals surface area contributed by atoms with Gasteiger partial charge in [0.05, 0.1) is 11.0 Å². The fourth-order valence-corrected chi connectivity index (χ4v) is 1.48. The molecule has 0 bridgehead atoms. The molecule has 1 aromatic carbocycles. The summed E-state index contributed by atoms with van der Waals surface area (Å²) in [5, 5.41) is 0. The predicted octanol–water partition coefficient (Wildman–Crippen LogP) is 1.22. The largest absolute Gasteiger partial charge is 0.378 e. The van der Waals surface area contributed by atoms with E-state index in [2.05, 4.69) is 11.1 Å². The van der Waals surface area contributed by atoms with Gasteiger partial charge in [-0.15, -0.1) is 0 Å². The average molecular weight is 190 g/mol. The van der Waals surface area contributed by atoms with Crippen LogP contribution in [0.5, 0.6) is 0 Å².